The topological polar surface area (TPSA) is 134 Å². The molecule has 0 aromatic heterocycles. The van der Waals surface area contributed by atoms with Crippen molar-refractivity contribution in [3.63, 3.8) is 0 Å². The standard InChI is InChI=1S/C43H50O8/c1-20(2)21(3)8-9-22(4)27-10-11-28-25-18-32-43(19-24(44)12-15-42(43,7)29(25)13-14-41(27,28)6)51-40-31(50-32)17-26-33(39(40)49)38(48)34-30(45)16-23(5)36(46)35(34)37(26)47/h8-9,13,16-18,20-22,24,27-28,32,44-46,49H,10-12,14-15,19H2,1-7H3/t21-,22+,24-,27+,28-,32-,41+,42+,43-/m0/s1. The van der Waals surface area contributed by atoms with Gasteiger partial charge in [0, 0.05) is 17.4 Å². The van der Waals surface area contributed by atoms with Gasteiger partial charge in [0.1, 0.15) is 11.5 Å². The lowest BCUT2D eigenvalue weighted by atomic mass is 9.49. The van der Waals surface area contributed by atoms with Crippen LogP contribution in [0.3, 0.4) is 0 Å². The number of carbonyl (C=O) groups is 2. The van der Waals surface area contributed by atoms with Crippen molar-refractivity contribution in [3.8, 4) is 28.7 Å². The first-order valence-corrected chi connectivity index (χ1v) is 18.7. The van der Waals surface area contributed by atoms with E-state index in [4.69, 9.17) is 9.47 Å². The molecular formula is C43H50O8. The molecule has 0 radical (unpaired) electrons. The third-order valence-corrected chi connectivity index (χ3v) is 14.2. The predicted octanol–water partition coefficient (Wildman–Crippen LogP) is 8.10. The maximum Gasteiger partial charge on any atom is 0.204 e. The van der Waals surface area contributed by atoms with Crippen molar-refractivity contribution in [1.29, 1.82) is 0 Å². The summed E-state index contributed by atoms with van der Waals surface area (Å²) in [6, 6.07) is 2.65. The highest BCUT2D eigenvalue weighted by Crippen LogP contribution is 2.68. The zero-order valence-electron chi connectivity index (χ0n) is 30.7. The average molecular weight is 695 g/mol. The van der Waals surface area contributed by atoms with Gasteiger partial charge in [0.15, 0.2) is 29.0 Å². The van der Waals surface area contributed by atoms with Crippen LogP contribution in [0.1, 0.15) is 117 Å². The summed E-state index contributed by atoms with van der Waals surface area (Å²) in [6.07, 6.45) is 12.8. The van der Waals surface area contributed by atoms with Gasteiger partial charge in [-0.05, 0) is 109 Å². The lowest BCUT2D eigenvalue weighted by molar-refractivity contribution is -0.164. The molecule has 1 spiro atoms. The fourth-order valence-electron chi connectivity index (χ4n) is 10.8. The minimum atomic E-state index is -1.09. The van der Waals surface area contributed by atoms with Crippen LogP contribution in [-0.4, -0.2) is 49.8 Å². The number of hydrogen-bond donors (Lipinski definition) is 4. The predicted molar refractivity (Wildman–Crippen MR) is 193 cm³/mol. The van der Waals surface area contributed by atoms with E-state index >= 15 is 0 Å². The summed E-state index contributed by atoms with van der Waals surface area (Å²) < 4.78 is 13.8. The minimum absolute atomic E-state index is 0.0546. The maximum atomic E-state index is 13.9. The molecule has 0 saturated heterocycles. The molecule has 1 heterocycles. The summed E-state index contributed by atoms with van der Waals surface area (Å²) in [5, 5.41) is 44.5. The van der Waals surface area contributed by atoms with Crippen molar-refractivity contribution in [2.45, 2.75) is 105 Å². The van der Waals surface area contributed by atoms with Crippen molar-refractivity contribution < 1.29 is 39.5 Å². The lowest BCUT2D eigenvalue weighted by Gasteiger charge is -2.62. The molecule has 8 heteroatoms. The van der Waals surface area contributed by atoms with Gasteiger partial charge in [0.25, 0.3) is 0 Å². The van der Waals surface area contributed by atoms with Crippen LogP contribution in [0, 0.1) is 47.3 Å². The van der Waals surface area contributed by atoms with Gasteiger partial charge >= 0.3 is 0 Å². The Morgan fingerprint density at radius 1 is 0.922 bits per heavy atom. The highest BCUT2D eigenvalue weighted by molar-refractivity contribution is 6.31. The van der Waals surface area contributed by atoms with Crippen LogP contribution in [0.2, 0.25) is 0 Å². The number of allylic oxidation sites excluding steroid dienone is 4. The Hall–Kier alpha value is -4.04. The molecule has 1 aliphatic heterocycles. The highest BCUT2D eigenvalue weighted by Gasteiger charge is 2.67. The summed E-state index contributed by atoms with van der Waals surface area (Å²) >= 11 is 0. The van der Waals surface area contributed by atoms with Gasteiger partial charge in [-0.2, -0.15) is 0 Å². The first kappa shape index (κ1) is 34.1. The molecule has 4 N–H and O–H groups in total. The molecule has 0 bridgehead atoms. The highest BCUT2D eigenvalue weighted by atomic mass is 16.6. The third kappa shape index (κ3) is 4.47. The molecule has 6 aliphatic rings. The van der Waals surface area contributed by atoms with E-state index in [1.54, 1.807) is 0 Å². The smallest absolute Gasteiger partial charge is 0.204 e. The normalized spacial score (nSPS) is 34.5. The fourth-order valence-corrected chi connectivity index (χ4v) is 10.8. The number of fused-ring (bicyclic) bond motifs is 7. The molecule has 9 atom stereocenters. The Bertz CT molecular complexity index is 1990. The van der Waals surface area contributed by atoms with E-state index in [1.807, 2.05) is 0 Å². The van der Waals surface area contributed by atoms with E-state index in [1.165, 1.54) is 30.2 Å². The number of hydrogen-bond acceptors (Lipinski definition) is 8. The number of carbonyl (C=O) groups excluding carboxylic acids is 2. The molecule has 51 heavy (non-hydrogen) atoms. The van der Waals surface area contributed by atoms with Gasteiger partial charge in [-0.25, -0.2) is 0 Å². The quantitative estimate of drug-likeness (QED) is 0.159. The molecule has 2 aromatic rings. The van der Waals surface area contributed by atoms with Gasteiger partial charge in [-0.15, -0.1) is 0 Å². The SMILES string of the molecule is Cc1cc(O)c2c(c1O)C(=O)c1cc3c(c(O)c1C2=O)O[C@]12C[C@@H](O)CC[C@]1(C)C1=CC[C@]4(C)[C@@H]([C@H](C)C=C[C@H](C)C(C)C)CC[C@H]4C1=C[C@@H]2O3. The fraction of sp³-hybridized carbons (Fsp3) is 0.535. The number of phenols is 3. The molecule has 5 aliphatic carbocycles. The number of aliphatic hydroxyl groups excluding tert-OH is 1. The van der Waals surface area contributed by atoms with Crippen molar-refractivity contribution >= 4 is 11.6 Å². The zero-order chi connectivity index (χ0) is 36.5. The molecule has 2 aromatic carbocycles. The van der Waals surface area contributed by atoms with Gasteiger partial charge in [-0.1, -0.05) is 59.8 Å². The third-order valence-electron chi connectivity index (χ3n) is 14.2. The van der Waals surface area contributed by atoms with E-state index in [0.29, 0.717) is 42.4 Å². The molecule has 270 valence electrons. The van der Waals surface area contributed by atoms with E-state index in [0.717, 1.165) is 19.3 Å². The Labute approximate surface area is 299 Å². The van der Waals surface area contributed by atoms with Crippen molar-refractivity contribution in [3.05, 3.63) is 75.4 Å². The minimum Gasteiger partial charge on any atom is -0.507 e. The van der Waals surface area contributed by atoms with Crippen LogP contribution in [0.5, 0.6) is 28.7 Å². The number of rotatable bonds is 4. The number of aromatic hydroxyl groups is 3. The first-order valence-electron chi connectivity index (χ1n) is 18.7. The molecule has 2 saturated carbocycles. The number of ether oxygens (including phenoxy) is 2. The van der Waals surface area contributed by atoms with Gasteiger partial charge in [-0.3, -0.25) is 9.59 Å². The lowest BCUT2D eigenvalue weighted by Crippen LogP contribution is -2.68. The number of ketones is 2. The van der Waals surface area contributed by atoms with Crippen LogP contribution in [0.15, 0.2) is 47.6 Å². The second-order valence-corrected chi connectivity index (χ2v) is 17.2. The Balaban J connectivity index is 1.23. The van der Waals surface area contributed by atoms with Gasteiger partial charge in [0.2, 0.25) is 11.5 Å². The molecule has 2 fully saturated rings. The maximum absolute atomic E-state index is 13.9. The summed E-state index contributed by atoms with van der Waals surface area (Å²) in [7, 11) is 0. The van der Waals surface area contributed by atoms with Crippen molar-refractivity contribution in [2.24, 2.45) is 40.4 Å². The van der Waals surface area contributed by atoms with Crippen LogP contribution in [0.4, 0.5) is 0 Å². The molecular weight excluding hydrogens is 644 g/mol. The van der Waals surface area contributed by atoms with Gasteiger partial charge in [0.05, 0.1) is 22.8 Å². The van der Waals surface area contributed by atoms with Crippen LogP contribution >= 0.6 is 0 Å². The summed E-state index contributed by atoms with van der Waals surface area (Å²) in [5.74, 6) is -0.429. The first-order chi connectivity index (χ1) is 24.0. The average Bonchev–Trinajstić information content (AvgIpc) is 3.43. The van der Waals surface area contributed by atoms with E-state index in [9.17, 15) is 30.0 Å². The van der Waals surface area contributed by atoms with E-state index < -0.39 is 52.0 Å². The Morgan fingerprint density at radius 2 is 1.67 bits per heavy atom. The molecule has 8 nitrogen and oxygen atoms in total. The summed E-state index contributed by atoms with van der Waals surface area (Å²) in [4.78, 5) is 27.8. The second-order valence-electron chi connectivity index (χ2n) is 17.2. The van der Waals surface area contributed by atoms with Crippen LogP contribution in [-0.2, 0) is 0 Å². The molecule has 0 amide bonds. The summed E-state index contributed by atoms with van der Waals surface area (Å²) in [5.41, 5.74) is 0.0610. The summed E-state index contributed by atoms with van der Waals surface area (Å²) in [6.45, 7) is 15.3. The van der Waals surface area contributed by atoms with Crippen molar-refractivity contribution in [2.75, 3.05) is 0 Å². The zero-order valence-corrected chi connectivity index (χ0v) is 30.7. The largest absolute Gasteiger partial charge is 0.507 e. The number of benzene rings is 2. The molecule has 8 rings (SSSR count). The number of aryl methyl sites for hydroxylation is 1. The number of aliphatic hydroxyl groups is 1. The Kier molecular flexibility index (Phi) is 7.50. The van der Waals surface area contributed by atoms with E-state index in [2.05, 4.69) is 65.8 Å². The Morgan fingerprint density at radius 3 is 2.39 bits per heavy atom. The van der Waals surface area contributed by atoms with Gasteiger partial charge < -0.3 is 29.9 Å². The second kappa shape index (κ2) is 11.2. The monoisotopic (exact) mass is 694 g/mol. The van der Waals surface area contributed by atoms with Crippen molar-refractivity contribution in [1.82, 2.24) is 0 Å². The molecule has 0 unspecified atom stereocenters. The van der Waals surface area contributed by atoms with E-state index in [-0.39, 0.29) is 51.2 Å². The van der Waals surface area contributed by atoms with Crippen LogP contribution in [0.25, 0.3) is 0 Å². The number of phenolic OH excluding ortho intramolecular Hbond substituents is 3. The van der Waals surface area contributed by atoms with Crippen LogP contribution < -0.4 is 9.47 Å².